The van der Waals surface area contributed by atoms with Gasteiger partial charge in [-0.3, -0.25) is 14.4 Å². The first-order valence-corrected chi connectivity index (χ1v) is 9.22. The fourth-order valence-corrected chi connectivity index (χ4v) is 1.90. The number of carbonyl (C=O) groups is 3. The van der Waals surface area contributed by atoms with E-state index in [2.05, 4.69) is 10.6 Å². The molecule has 0 unspecified atom stereocenters. The second-order valence-electron chi connectivity index (χ2n) is 5.86. The van der Waals surface area contributed by atoms with Crippen LogP contribution >= 0.6 is 0 Å². The van der Waals surface area contributed by atoms with Gasteiger partial charge in [-0.2, -0.15) is 0 Å². The molecule has 0 saturated carbocycles. The molecule has 158 valence electrons. The molecule has 0 rings (SSSR count). The van der Waals surface area contributed by atoms with E-state index >= 15 is 0 Å². The highest BCUT2D eigenvalue weighted by molar-refractivity contribution is 5.77. The van der Waals surface area contributed by atoms with E-state index in [0.717, 1.165) is 6.42 Å². The Labute approximate surface area is 160 Å². The van der Waals surface area contributed by atoms with Gasteiger partial charge in [-0.25, -0.2) is 0 Å². The van der Waals surface area contributed by atoms with Crippen LogP contribution in [-0.4, -0.2) is 81.7 Å². The summed E-state index contributed by atoms with van der Waals surface area (Å²) in [6, 6.07) is -0.855. The number of carboxylic acid groups (broad SMARTS) is 1. The molecule has 2 amide bonds. The molecule has 27 heavy (non-hydrogen) atoms. The Balaban J connectivity index is 3.34. The van der Waals surface area contributed by atoms with Gasteiger partial charge in [0.1, 0.15) is 19.3 Å². The maximum absolute atomic E-state index is 11.5. The molecule has 0 aromatic heterocycles. The van der Waals surface area contributed by atoms with Crippen molar-refractivity contribution in [2.24, 2.45) is 5.73 Å². The van der Waals surface area contributed by atoms with E-state index in [1.54, 1.807) is 0 Å². The summed E-state index contributed by atoms with van der Waals surface area (Å²) >= 11 is 0. The van der Waals surface area contributed by atoms with E-state index in [1.165, 1.54) is 0 Å². The molecule has 0 aromatic carbocycles. The van der Waals surface area contributed by atoms with Crippen molar-refractivity contribution in [2.45, 2.75) is 38.6 Å². The molecule has 0 aromatic rings. The van der Waals surface area contributed by atoms with Gasteiger partial charge in [0.15, 0.2) is 0 Å². The van der Waals surface area contributed by atoms with E-state index in [4.69, 9.17) is 25.1 Å². The fourth-order valence-electron chi connectivity index (χ4n) is 1.90. The van der Waals surface area contributed by atoms with Crippen molar-refractivity contribution in [3.63, 3.8) is 0 Å². The van der Waals surface area contributed by atoms with Crippen LogP contribution in [0.15, 0.2) is 0 Å². The Morgan fingerprint density at radius 3 is 2.11 bits per heavy atom. The molecule has 10 nitrogen and oxygen atoms in total. The number of hydrogen-bond acceptors (Lipinski definition) is 7. The smallest absolute Gasteiger partial charge is 0.320 e. The summed E-state index contributed by atoms with van der Waals surface area (Å²) in [7, 11) is 0. The number of carboxylic acids is 1. The first kappa shape index (κ1) is 25.2. The van der Waals surface area contributed by atoms with E-state index < -0.39 is 12.0 Å². The van der Waals surface area contributed by atoms with Crippen LogP contribution in [0.1, 0.15) is 32.6 Å². The molecule has 0 heterocycles. The summed E-state index contributed by atoms with van der Waals surface area (Å²) in [4.78, 5) is 33.4. The number of aliphatic carboxylic acids is 1. The molecular formula is C17H33N3O7. The number of hydrogen-bond donors (Lipinski definition) is 4. The third-order valence-electron chi connectivity index (χ3n) is 3.34. The molecular weight excluding hydrogens is 358 g/mol. The minimum atomic E-state index is -1.02. The predicted molar refractivity (Wildman–Crippen MR) is 98.2 cm³/mol. The van der Waals surface area contributed by atoms with Gasteiger partial charge in [0.25, 0.3) is 0 Å². The summed E-state index contributed by atoms with van der Waals surface area (Å²) in [6.45, 7) is 4.31. The Morgan fingerprint density at radius 1 is 0.889 bits per heavy atom. The third-order valence-corrected chi connectivity index (χ3v) is 3.34. The second kappa shape index (κ2) is 17.7. The molecule has 0 saturated heterocycles. The molecule has 0 aliphatic rings. The largest absolute Gasteiger partial charge is 0.480 e. The highest BCUT2D eigenvalue weighted by atomic mass is 16.5. The zero-order valence-corrected chi connectivity index (χ0v) is 16.0. The van der Waals surface area contributed by atoms with Crippen molar-refractivity contribution < 1.29 is 33.7 Å². The van der Waals surface area contributed by atoms with Gasteiger partial charge in [-0.15, -0.1) is 0 Å². The fraction of sp³-hybridized carbons (Fsp3) is 0.824. The number of nitrogens with one attached hydrogen (secondary N) is 2. The summed E-state index contributed by atoms with van der Waals surface area (Å²) in [5.41, 5.74) is 5.38. The number of unbranched alkanes of at least 4 members (excludes halogenated alkanes) is 1. The first-order valence-electron chi connectivity index (χ1n) is 9.22. The van der Waals surface area contributed by atoms with Crippen molar-refractivity contribution in [1.29, 1.82) is 0 Å². The maximum atomic E-state index is 11.5. The highest BCUT2D eigenvalue weighted by Crippen LogP contribution is 1.98. The topological polar surface area (TPSA) is 149 Å². The monoisotopic (exact) mass is 391 g/mol. The van der Waals surface area contributed by atoms with Gasteiger partial charge in [-0.05, 0) is 25.7 Å². The normalized spacial score (nSPS) is 11.8. The number of rotatable bonds is 18. The standard InChI is InChI=1S/C17H33N3O7/c1-2-8-26-12-16(22)20-7-9-25-10-11-27-13-15(21)19-6-4-3-5-14(18)17(23)24/h14H,2-13,18H2,1H3,(H,19,21)(H,20,22)(H,23,24)/t14-/m0/s1. The van der Waals surface area contributed by atoms with Crippen molar-refractivity contribution in [3.05, 3.63) is 0 Å². The zero-order valence-electron chi connectivity index (χ0n) is 16.0. The molecule has 1 atom stereocenters. The molecule has 0 aliphatic heterocycles. The number of carbonyl (C=O) groups excluding carboxylic acids is 2. The number of nitrogens with two attached hydrogens (primary N) is 1. The van der Waals surface area contributed by atoms with Crippen LogP contribution in [0.25, 0.3) is 0 Å². The van der Waals surface area contributed by atoms with E-state index in [9.17, 15) is 14.4 Å². The summed E-state index contributed by atoms with van der Waals surface area (Å²) in [5.74, 6) is -1.43. The lowest BCUT2D eigenvalue weighted by atomic mass is 10.1. The van der Waals surface area contributed by atoms with Crippen LogP contribution in [0.2, 0.25) is 0 Å². The first-order chi connectivity index (χ1) is 13.0. The average Bonchev–Trinajstić information content (AvgIpc) is 2.63. The van der Waals surface area contributed by atoms with Gasteiger partial charge in [0.05, 0.1) is 19.8 Å². The van der Waals surface area contributed by atoms with Crippen LogP contribution in [-0.2, 0) is 28.6 Å². The lowest BCUT2D eigenvalue weighted by Gasteiger charge is -2.09. The second-order valence-corrected chi connectivity index (χ2v) is 5.86. The van der Waals surface area contributed by atoms with Crippen LogP contribution in [0.4, 0.5) is 0 Å². The lowest BCUT2D eigenvalue weighted by molar-refractivity contribution is -0.138. The average molecular weight is 391 g/mol. The molecule has 10 heteroatoms. The van der Waals surface area contributed by atoms with Gasteiger partial charge in [-0.1, -0.05) is 6.92 Å². The van der Waals surface area contributed by atoms with Crippen LogP contribution in [0.3, 0.4) is 0 Å². The highest BCUT2D eigenvalue weighted by Gasteiger charge is 2.10. The molecule has 0 aliphatic carbocycles. The van der Waals surface area contributed by atoms with Crippen molar-refractivity contribution in [1.82, 2.24) is 10.6 Å². The van der Waals surface area contributed by atoms with Gasteiger partial charge >= 0.3 is 5.97 Å². The maximum Gasteiger partial charge on any atom is 0.320 e. The molecule has 5 N–H and O–H groups in total. The Kier molecular flexibility index (Phi) is 16.5. The van der Waals surface area contributed by atoms with E-state index in [0.29, 0.717) is 52.2 Å². The quantitative estimate of drug-likeness (QED) is 0.223. The Morgan fingerprint density at radius 2 is 1.48 bits per heavy atom. The molecule has 0 fully saturated rings. The van der Waals surface area contributed by atoms with E-state index in [1.807, 2.05) is 6.92 Å². The molecule has 0 spiro atoms. The summed E-state index contributed by atoms with van der Waals surface area (Å²) in [5, 5.41) is 14.0. The van der Waals surface area contributed by atoms with Gasteiger partial charge in [0, 0.05) is 19.7 Å². The minimum Gasteiger partial charge on any atom is -0.480 e. The Bertz CT molecular complexity index is 421. The minimum absolute atomic E-state index is 0.0540. The SMILES string of the molecule is CCCOCC(=O)NCCOCCOCC(=O)NCCCC[C@H](N)C(=O)O. The van der Waals surface area contributed by atoms with Gasteiger partial charge < -0.3 is 35.7 Å². The van der Waals surface area contributed by atoms with Crippen molar-refractivity contribution in [3.8, 4) is 0 Å². The summed E-state index contributed by atoms with van der Waals surface area (Å²) < 4.78 is 15.5. The summed E-state index contributed by atoms with van der Waals surface area (Å²) in [6.07, 6.45) is 2.54. The van der Waals surface area contributed by atoms with Crippen molar-refractivity contribution >= 4 is 17.8 Å². The number of amides is 2. The van der Waals surface area contributed by atoms with E-state index in [-0.39, 0.29) is 31.6 Å². The van der Waals surface area contributed by atoms with Crippen LogP contribution < -0.4 is 16.4 Å². The number of ether oxygens (including phenoxy) is 3. The van der Waals surface area contributed by atoms with Crippen molar-refractivity contribution in [2.75, 3.05) is 52.7 Å². The lowest BCUT2D eigenvalue weighted by Crippen LogP contribution is -2.31. The van der Waals surface area contributed by atoms with Crippen LogP contribution in [0.5, 0.6) is 0 Å². The Hall–Kier alpha value is -1.75. The molecule has 0 radical (unpaired) electrons. The van der Waals surface area contributed by atoms with Crippen LogP contribution in [0, 0.1) is 0 Å². The molecule has 0 bridgehead atoms. The predicted octanol–water partition coefficient (Wildman–Crippen LogP) is -0.739. The van der Waals surface area contributed by atoms with Gasteiger partial charge in [0.2, 0.25) is 11.8 Å². The third kappa shape index (κ3) is 17.4. The zero-order chi connectivity index (χ0) is 20.3.